The molecule has 1 aromatic carbocycles. The molecule has 0 aliphatic carbocycles. The first kappa shape index (κ1) is 12.0. The van der Waals surface area contributed by atoms with Crippen LogP contribution in [0.3, 0.4) is 0 Å². The van der Waals surface area contributed by atoms with Gasteiger partial charge in [0.2, 0.25) is 0 Å². The zero-order chi connectivity index (χ0) is 12.3. The second-order valence-corrected chi connectivity index (χ2v) is 4.47. The van der Waals surface area contributed by atoms with Crippen molar-refractivity contribution in [2.24, 2.45) is 0 Å². The van der Waals surface area contributed by atoms with Crippen molar-refractivity contribution >= 4 is 11.4 Å². The lowest BCUT2D eigenvalue weighted by Gasteiger charge is -2.29. The van der Waals surface area contributed by atoms with Gasteiger partial charge in [-0.15, -0.1) is 0 Å². The largest absolute Gasteiger partial charge is 0.495 e. The fourth-order valence-corrected chi connectivity index (χ4v) is 2.20. The van der Waals surface area contributed by atoms with Crippen molar-refractivity contribution in [3.05, 3.63) is 18.2 Å². The van der Waals surface area contributed by atoms with Crippen molar-refractivity contribution < 1.29 is 9.47 Å². The first-order valence-corrected chi connectivity index (χ1v) is 6.01. The number of hydrogen-bond acceptors (Lipinski definition) is 4. The van der Waals surface area contributed by atoms with Crippen LogP contribution in [0.5, 0.6) is 5.75 Å². The number of para-hydroxylation sites is 1. The molecule has 1 aliphatic heterocycles. The van der Waals surface area contributed by atoms with Crippen molar-refractivity contribution in [2.45, 2.75) is 31.9 Å². The Morgan fingerprint density at radius 3 is 3.00 bits per heavy atom. The number of hydrogen-bond donors (Lipinski definition) is 2. The lowest BCUT2D eigenvalue weighted by atomic mass is 10.0. The van der Waals surface area contributed by atoms with Gasteiger partial charge in [-0.1, -0.05) is 6.07 Å². The Morgan fingerprint density at radius 1 is 1.47 bits per heavy atom. The molecule has 1 saturated heterocycles. The quantitative estimate of drug-likeness (QED) is 0.790. The van der Waals surface area contributed by atoms with Gasteiger partial charge in [0, 0.05) is 12.6 Å². The first-order chi connectivity index (χ1) is 8.20. The van der Waals surface area contributed by atoms with E-state index in [4.69, 9.17) is 15.2 Å². The van der Waals surface area contributed by atoms with Gasteiger partial charge in [-0.3, -0.25) is 0 Å². The monoisotopic (exact) mass is 236 g/mol. The third-order valence-corrected chi connectivity index (χ3v) is 3.13. The summed E-state index contributed by atoms with van der Waals surface area (Å²) in [5.41, 5.74) is 7.65. The molecule has 4 nitrogen and oxygen atoms in total. The molecule has 1 heterocycles. The average Bonchev–Trinajstić information content (AvgIpc) is 2.32. The lowest BCUT2D eigenvalue weighted by Crippen LogP contribution is -2.32. The minimum absolute atomic E-state index is 0.313. The highest BCUT2D eigenvalue weighted by molar-refractivity contribution is 5.73. The fraction of sp³-hybridized carbons (Fsp3) is 0.538. The highest BCUT2D eigenvalue weighted by Crippen LogP contribution is 2.30. The van der Waals surface area contributed by atoms with Crippen molar-refractivity contribution in [3.8, 4) is 5.75 Å². The summed E-state index contributed by atoms with van der Waals surface area (Å²) in [5.74, 6) is 0.718. The van der Waals surface area contributed by atoms with Gasteiger partial charge in [-0.05, 0) is 31.9 Å². The third-order valence-electron chi connectivity index (χ3n) is 3.13. The Morgan fingerprint density at radius 2 is 2.29 bits per heavy atom. The molecule has 1 aliphatic rings. The summed E-state index contributed by atoms with van der Waals surface area (Å²) < 4.78 is 10.7. The van der Waals surface area contributed by atoms with Crippen LogP contribution in [0.15, 0.2) is 18.2 Å². The number of rotatable bonds is 3. The van der Waals surface area contributed by atoms with Crippen molar-refractivity contribution in [3.63, 3.8) is 0 Å². The normalized spacial score (nSPS) is 24.4. The van der Waals surface area contributed by atoms with Crippen molar-refractivity contribution in [1.82, 2.24) is 0 Å². The Bertz CT molecular complexity index is 382. The SMILES string of the molecule is COc1cccc(NC2CCOC(C)C2)c1N. The summed E-state index contributed by atoms with van der Waals surface area (Å²) in [7, 11) is 1.63. The van der Waals surface area contributed by atoms with Gasteiger partial charge >= 0.3 is 0 Å². The Hall–Kier alpha value is -1.42. The van der Waals surface area contributed by atoms with Crippen LogP contribution in [0.4, 0.5) is 11.4 Å². The zero-order valence-electron chi connectivity index (χ0n) is 10.4. The van der Waals surface area contributed by atoms with E-state index in [0.717, 1.165) is 30.9 Å². The molecule has 1 fully saturated rings. The molecule has 0 amide bonds. The predicted octanol–water partition coefficient (Wildman–Crippen LogP) is 2.26. The summed E-state index contributed by atoms with van der Waals surface area (Å²) in [6, 6.07) is 6.22. The molecule has 0 spiro atoms. The highest BCUT2D eigenvalue weighted by atomic mass is 16.5. The smallest absolute Gasteiger partial charge is 0.143 e. The number of ether oxygens (including phenoxy) is 2. The van der Waals surface area contributed by atoms with Crippen LogP contribution >= 0.6 is 0 Å². The number of methoxy groups -OCH3 is 1. The highest BCUT2D eigenvalue weighted by Gasteiger charge is 2.20. The second kappa shape index (κ2) is 5.27. The maximum atomic E-state index is 6.03. The average molecular weight is 236 g/mol. The molecule has 1 aromatic rings. The molecular weight excluding hydrogens is 216 g/mol. The number of nitrogens with two attached hydrogens (primary N) is 1. The van der Waals surface area contributed by atoms with Gasteiger partial charge in [0.05, 0.1) is 24.6 Å². The summed E-state index contributed by atoms with van der Waals surface area (Å²) in [6.07, 6.45) is 2.34. The molecule has 2 unspecified atom stereocenters. The number of nitrogens with one attached hydrogen (secondary N) is 1. The third kappa shape index (κ3) is 2.82. The fourth-order valence-electron chi connectivity index (χ4n) is 2.20. The molecule has 3 N–H and O–H groups in total. The molecule has 4 heteroatoms. The van der Waals surface area contributed by atoms with Gasteiger partial charge in [0.15, 0.2) is 0 Å². The second-order valence-electron chi connectivity index (χ2n) is 4.47. The van der Waals surface area contributed by atoms with Crippen LogP contribution < -0.4 is 15.8 Å². The maximum Gasteiger partial charge on any atom is 0.143 e. The Kier molecular flexibility index (Phi) is 3.74. The van der Waals surface area contributed by atoms with Gasteiger partial charge in [-0.25, -0.2) is 0 Å². The minimum Gasteiger partial charge on any atom is -0.495 e. The van der Waals surface area contributed by atoms with E-state index >= 15 is 0 Å². The van der Waals surface area contributed by atoms with Crippen LogP contribution in [-0.4, -0.2) is 25.9 Å². The Labute approximate surface area is 102 Å². The van der Waals surface area contributed by atoms with E-state index in [9.17, 15) is 0 Å². The van der Waals surface area contributed by atoms with E-state index in [1.165, 1.54) is 0 Å². The van der Waals surface area contributed by atoms with Crippen LogP contribution in [0.25, 0.3) is 0 Å². The molecule has 0 aromatic heterocycles. The van der Waals surface area contributed by atoms with Gasteiger partial charge in [0.25, 0.3) is 0 Å². The Balaban J connectivity index is 2.07. The van der Waals surface area contributed by atoms with E-state index in [1.807, 2.05) is 18.2 Å². The molecule has 2 atom stereocenters. The van der Waals surface area contributed by atoms with E-state index in [0.29, 0.717) is 17.8 Å². The van der Waals surface area contributed by atoms with E-state index in [2.05, 4.69) is 12.2 Å². The predicted molar refractivity (Wildman–Crippen MR) is 69.5 cm³/mol. The molecule has 0 radical (unpaired) electrons. The summed E-state index contributed by atoms with van der Waals surface area (Å²) >= 11 is 0. The van der Waals surface area contributed by atoms with E-state index in [1.54, 1.807) is 7.11 Å². The summed E-state index contributed by atoms with van der Waals surface area (Å²) in [5, 5.41) is 3.47. The molecule has 0 bridgehead atoms. The van der Waals surface area contributed by atoms with Crippen LogP contribution in [-0.2, 0) is 4.74 Å². The zero-order valence-corrected chi connectivity index (χ0v) is 10.4. The molecule has 0 saturated carbocycles. The lowest BCUT2D eigenvalue weighted by molar-refractivity contribution is 0.0232. The van der Waals surface area contributed by atoms with Crippen molar-refractivity contribution in [2.75, 3.05) is 24.8 Å². The van der Waals surface area contributed by atoms with Gasteiger partial charge in [0.1, 0.15) is 5.75 Å². The van der Waals surface area contributed by atoms with Gasteiger partial charge < -0.3 is 20.5 Å². The molecule has 94 valence electrons. The van der Waals surface area contributed by atoms with Gasteiger partial charge in [-0.2, -0.15) is 0 Å². The number of nitrogen functional groups attached to an aromatic ring is 1. The topological polar surface area (TPSA) is 56.5 Å². The maximum absolute atomic E-state index is 6.03. The molecular formula is C13H20N2O2. The number of anilines is 2. The van der Waals surface area contributed by atoms with E-state index in [-0.39, 0.29) is 0 Å². The summed E-state index contributed by atoms with van der Waals surface area (Å²) in [6.45, 7) is 2.91. The standard InChI is InChI=1S/C13H20N2O2/c1-9-8-10(6-7-17-9)15-11-4-3-5-12(16-2)13(11)14/h3-5,9-10,15H,6-8,14H2,1-2H3. The summed E-state index contributed by atoms with van der Waals surface area (Å²) in [4.78, 5) is 0. The minimum atomic E-state index is 0.313. The van der Waals surface area contributed by atoms with Crippen LogP contribution in [0, 0.1) is 0 Å². The molecule has 2 rings (SSSR count). The van der Waals surface area contributed by atoms with E-state index < -0.39 is 0 Å². The number of benzene rings is 1. The first-order valence-electron chi connectivity index (χ1n) is 6.01. The van der Waals surface area contributed by atoms with Crippen molar-refractivity contribution in [1.29, 1.82) is 0 Å². The van der Waals surface area contributed by atoms with Crippen LogP contribution in [0.1, 0.15) is 19.8 Å². The van der Waals surface area contributed by atoms with Crippen LogP contribution in [0.2, 0.25) is 0 Å². The molecule has 17 heavy (non-hydrogen) atoms.